The molecular weight excluding hydrogens is 291 g/mol. The maximum absolute atomic E-state index is 13.2. The number of nitrogens with one attached hydrogen (secondary N) is 1. The molecule has 1 N–H and O–H groups in total. The van der Waals surface area contributed by atoms with E-state index < -0.39 is 0 Å². The highest BCUT2D eigenvalue weighted by Gasteiger charge is 2.17. The summed E-state index contributed by atoms with van der Waals surface area (Å²) in [5, 5.41) is 7.89. The number of halogens is 2. The first-order valence-corrected chi connectivity index (χ1v) is 7.38. The van der Waals surface area contributed by atoms with Crippen LogP contribution in [0.2, 0.25) is 5.02 Å². The predicted octanol–water partition coefficient (Wildman–Crippen LogP) is 3.23. The average molecular weight is 311 g/mol. The van der Waals surface area contributed by atoms with Crippen LogP contribution in [-0.2, 0) is 13.0 Å². The minimum Gasteiger partial charge on any atom is -0.313 e. The van der Waals surface area contributed by atoms with Crippen LogP contribution in [0.4, 0.5) is 4.39 Å². The smallest absolute Gasteiger partial charge is 0.138 e. The van der Waals surface area contributed by atoms with E-state index in [1.165, 1.54) is 12.1 Å². The van der Waals surface area contributed by atoms with Crippen LogP contribution in [0.25, 0.3) is 0 Å². The highest BCUT2D eigenvalue weighted by atomic mass is 35.5. The van der Waals surface area contributed by atoms with Crippen molar-refractivity contribution in [3.05, 3.63) is 46.8 Å². The molecule has 0 bridgehead atoms. The SMILES string of the molecule is CNC(Cc1ncnn1CC(C)C)c1ccc(F)cc1Cl. The molecule has 0 amide bonds. The van der Waals surface area contributed by atoms with Crippen molar-refractivity contribution in [2.75, 3.05) is 7.05 Å². The topological polar surface area (TPSA) is 42.7 Å². The van der Waals surface area contributed by atoms with E-state index in [2.05, 4.69) is 29.2 Å². The van der Waals surface area contributed by atoms with Crippen molar-refractivity contribution in [3.63, 3.8) is 0 Å². The van der Waals surface area contributed by atoms with Crippen molar-refractivity contribution >= 4 is 11.6 Å². The Kier molecular flexibility index (Phi) is 5.31. The summed E-state index contributed by atoms with van der Waals surface area (Å²) in [5.74, 6) is 1.05. The Morgan fingerprint density at radius 2 is 2.14 bits per heavy atom. The van der Waals surface area contributed by atoms with Gasteiger partial charge in [0.2, 0.25) is 0 Å². The van der Waals surface area contributed by atoms with Gasteiger partial charge in [-0.3, -0.25) is 0 Å². The van der Waals surface area contributed by atoms with Gasteiger partial charge in [0, 0.05) is 24.0 Å². The summed E-state index contributed by atoms with van der Waals surface area (Å²) in [6, 6.07) is 4.43. The Bertz CT molecular complexity index is 597. The Balaban J connectivity index is 2.21. The summed E-state index contributed by atoms with van der Waals surface area (Å²) >= 11 is 6.14. The molecule has 21 heavy (non-hydrogen) atoms. The normalized spacial score (nSPS) is 12.9. The summed E-state index contributed by atoms with van der Waals surface area (Å²) < 4.78 is 15.1. The molecule has 1 aromatic carbocycles. The summed E-state index contributed by atoms with van der Waals surface area (Å²) in [6.07, 6.45) is 2.21. The van der Waals surface area contributed by atoms with Crippen LogP contribution in [0.15, 0.2) is 24.5 Å². The molecule has 0 saturated heterocycles. The molecule has 0 aliphatic rings. The van der Waals surface area contributed by atoms with Gasteiger partial charge in [0.05, 0.1) is 0 Å². The van der Waals surface area contributed by atoms with E-state index in [4.69, 9.17) is 11.6 Å². The second-order valence-corrected chi connectivity index (χ2v) is 5.87. The van der Waals surface area contributed by atoms with Gasteiger partial charge in [-0.1, -0.05) is 31.5 Å². The molecule has 0 aliphatic carbocycles. The summed E-state index contributed by atoms with van der Waals surface area (Å²) in [5.41, 5.74) is 0.861. The highest BCUT2D eigenvalue weighted by molar-refractivity contribution is 6.31. The second kappa shape index (κ2) is 7.00. The van der Waals surface area contributed by atoms with Crippen LogP contribution in [0.5, 0.6) is 0 Å². The predicted molar refractivity (Wildman–Crippen MR) is 81.8 cm³/mol. The second-order valence-electron chi connectivity index (χ2n) is 5.46. The van der Waals surface area contributed by atoms with Gasteiger partial charge < -0.3 is 5.32 Å². The van der Waals surface area contributed by atoms with Crippen LogP contribution in [0.1, 0.15) is 31.3 Å². The third kappa shape index (κ3) is 4.02. The lowest BCUT2D eigenvalue weighted by molar-refractivity contribution is 0.451. The molecule has 0 radical (unpaired) electrons. The quantitative estimate of drug-likeness (QED) is 0.891. The average Bonchev–Trinajstić information content (AvgIpc) is 2.83. The van der Waals surface area contributed by atoms with Crippen molar-refractivity contribution in [1.29, 1.82) is 0 Å². The lowest BCUT2D eigenvalue weighted by Gasteiger charge is -2.18. The third-order valence-electron chi connectivity index (χ3n) is 3.31. The molecule has 2 aromatic rings. The molecule has 4 nitrogen and oxygen atoms in total. The Morgan fingerprint density at radius 3 is 2.76 bits per heavy atom. The van der Waals surface area contributed by atoms with E-state index in [9.17, 15) is 4.39 Å². The van der Waals surface area contributed by atoms with Crippen molar-refractivity contribution in [2.45, 2.75) is 32.9 Å². The first-order valence-electron chi connectivity index (χ1n) is 7.00. The van der Waals surface area contributed by atoms with Crippen LogP contribution < -0.4 is 5.32 Å². The lowest BCUT2D eigenvalue weighted by Crippen LogP contribution is -2.22. The number of aromatic nitrogens is 3. The van der Waals surface area contributed by atoms with E-state index in [1.807, 2.05) is 11.7 Å². The Labute approximate surface area is 129 Å². The molecule has 0 aliphatic heterocycles. The van der Waals surface area contributed by atoms with Gasteiger partial charge in [-0.25, -0.2) is 14.1 Å². The van der Waals surface area contributed by atoms with Gasteiger partial charge >= 0.3 is 0 Å². The van der Waals surface area contributed by atoms with Crippen molar-refractivity contribution in [2.24, 2.45) is 5.92 Å². The number of nitrogens with zero attached hydrogens (tertiary/aromatic N) is 3. The molecule has 2 rings (SSSR count). The molecule has 6 heteroatoms. The molecule has 0 spiro atoms. The van der Waals surface area contributed by atoms with E-state index in [0.29, 0.717) is 17.4 Å². The fourth-order valence-electron chi connectivity index (χ4n) is 2.28. The minimum atomic E-state index is -0.332. The fraction of sp³-hybridized carbons (Fsp3) is 0.467. The summed E-state index contributed by atoms with van der Waals surface area (Å²) in [7, 11) is 1.85. The fourth-order valence-corrected chi connectivity index (χ4v) is 2.58. The maximum Gasteiger partial charge on any atom is 0.138 e. The van der Waals surface area contributed by atoms with Gasteiger partial charge in [-0.15, -0.1) is 0 Å². The molecule has 1 unspecified atom stereocenters. The minimum absolute atomic E-state index is 0.0341. The molecule has 114 valence electrons. The molecule has 0 fully saturated rings. The van der Waals surface area contributed by atoms with Crippen molar-refractivity contribution in [3.8, 4) is 0 Å². The molecule has 1 heterocycles. The first kappa shape index (κ1) is 15.9. The van der Waals surface area contributed by atoms with Crippen LogP contribution in [-0.4, -0.2) is 21.8 Å². The van der Waals surface area contributed by atoms with Gasteiger partial charge in [0.25, 0.3) is 0 Å². The maximum atomic E-state index is 13.2. The van der Waals surface area contributed by atoms with Crippen LogP contribution in [0.3, 0.4) is 0 Å². The Morgan fingerprint density at radius 1 is 1.38 bits per heavy atom. The van der Waals surface area contributed by atoms with Gasteiger partial charge in [-0.2, -0.15) is 5.10 Å². The molecular formula is C15H20ClFN4. The molecule has 1 aromatic heterocycles. The molecule has 1 atom stereocenters. The van der Waals surface area contributed by atoms with Gasteiger partial charge in [0.1, 0.15) is 18.0 Å². The zero-order chi connectivity index (χ0) is 15.4. The van der Waals surface area contributed by atoms with E-state index in [0.717, 1.165) is 17.9 Å². The number of likely N-dealkylation sites (N-methyl/N-ethyl adjacent to an activating group) is 1. The highest BCUT2D eigenvalue weighted by Crippen LogP contribution is 2.26. The standard InChI is InChI=1S/C15H20ClFN4/c1-10(2)8-21-15(19-9-20-21)7-14(18-3)12-5-4-11(17)6-13(12)16/h4-6,9-10,14,18H,7-8H2,1-3H3. The number of rotatable bonds is 6. The molecule has 0 saturated carbocycles. The number of benzene rings is 1. The largest absolute Gasteiger partial charge is 0.313 e. The van der Waals surface area contributed by atoms with Gasteiger partial charge in [-0.05, 0) is 30.7 Å². The van der Waals surface area contributed by atoms with Crippen LogP contribution in [0, 0.1) is 11.7 Å². The lowest BCUT2D eigenvalue weighted by atomic mass is 10.0. The summed E-state index contributed by atoms with van der Waals surface area (Å²) in [4.78, 5) is 4.32. The van der Waals surface area contributed by atoms with E-state index in [1.54, 1.807) is 12.4 Å². The monoisotopic (exact) mass is 310 g/mol. The number of hydrogen-bond donors (Lipinski definition) is 1. The number of hydrogen-bond acceptors (Lipinski definition) is 3. The van der Waals surface area contributed by atoms with E-state index in [-0.39, 0.29) is 11.9 Å². The zero-order valence-corrected chi connectivity index (χ0v) is 13.2. The van der Waals surface area contributed by atoms with Crippen molar-refractivity contribution < 1.29 is 4.39 Å². The van der Waals surface area contributed by atoms with Gasteiger partial charge in [0.15, 0.2) is 0 Å². The Hall–Kier alpha value is -1.46. The van der Waals surface area contributed by atoms with E-state index >= 15 is 0 Å². The third-order valence-corrected chi connectivity index (χ3v) is 3.63. The van der Waals surface area contributed by atoms with Crippen LogP contribution >= 0.6 is 11.6 Å². The zero-order valence-electron chi connectivity index (χ0n) is 12.5. The van der Waals surface area contributed by atoms with Crippen molar-refractivity contribution in [1.82, 2.24) is 20.1 Å². The first-order chi connectivity index (χ1) is 10.0. The summed E-state index contributed by atoms with van der Waals surface area (Å²) in [6.45, 7) is 5.10.